The topological polar surface area (TPSA) is 83.7 Å². The molecule has 1 fully saturated rings. The fourth-order valence-corrected chi connectivity index (χ4v) is 4.44. The molecule has 144 valence electrons. The maximum absolute atomic E-state index is 13.9. The fourth-order valence-electron chi connectivity index (χ4n) is 2.97. The Bertz CT molecular complexity index is 930. The van der Waals surface area contributed by atoms with E-state index < -0.39 is 32.6 Å². The van der Waals surface area contributed by atoms with Crippen LogP contribution in [0.5, 0.6) is 0 Å². The van der Waals surface area contributed by atoms with Crippen molar-refractivity contribution in [1.82, 2.24) is 9.21 Å². The van der Waals surface area contributed by atoms with Gasteiger partial charge in [-0.1, -0.05) is 30.3 Å². The van der Waals surface area contributed by atoms with Crippen LogP contribution < -0.4 is 5.73 Å². The minimum Gasteiger partial charge on any atom is -0.338 e. The van der Waals surface area contributed by atoms with E-state index in [4.69, 9.17) is 5.73 Å². The number of hydrogen-bond donors (Lipinski definition) is 1. The first-order valence-electron chi connectivity index (χ1n) is 8.35. The molecule has 6 nitrogen and oxygen atoms in total. The molecule has 0 aliphatic carbocycles. The molecule has 1 amide bonds. The summed E-state index contributed by atoms with van der Waals surface area (Å²) in [5.74, 6) is -2.29. The number of nitrogens with two attached hydrogens (primary N) is 1. The molecule has 9 heteroatoms. The smallest absolute Gasteiger partial charge is 0.246 e. The highest BCUT2D eigenvalue weighted by Crippen LogP contribution is 2.22. The summed E-state index contributed by atoms with van der Waals surface area (Å²) >= 11 is 0. The predicted octanol–water partition coefficient (Wildman–Crippen LogP) is 1.50. The monoisotopic (exact) mass is 395 g/mol. The van der Waals surface area contributed by atoms with Crippen LogP contribution in [0.1, 0.15) is 11.6 Å². The van der Waals surface area contributed by atoms with Crippen LogP contribution in [0.3, 0.4) is 0 Å². The van der Waals surface area contributed by atoms with Gasteiger partial charge in [-0.25, -0.2) is 17.2 Å². The molecular formula is C18H19F2N3O3S. The van der Waals surface area contributed by atoms with Gasteiger partial charge in [-0.3, -0.25) is 4.79 Å². The maximum atomic E-state index is 13.9. The van der Waals surface area contributed by atoms with Gasteiger partial charge in [0.1, 0.15) is 22.6 Å². The highest BCUT2D eigenvalue weighted by molar-refractivity contribution is 7.89. The summed E-state index contributed by atoms with van der Waals surface area (Å²) in [4.78, 5) is 13.5. The lowest BCUT2D eigenvalue weighted by molar-refractivity contribution is -0.133. The summed E-state index contributed by atoms with van der Waals surface area (Å²) in [5.41, 5.74) is 6.68. The van der Waals surface area contributed by atoms with Crippen LogP contribution in [0.25, 0.3) is 0 Å². The first kappa shape index (κ1) is 19.4. The number of piperazine rings is 1. The third-order valence-electron chi connectivity index (χ3n) is 4.49. The van der Waals surface area contributed by atoms with Crippen LogP contribution in [0, 0.1) is 11.6 Å². The zero-order valence-corrected chi connectivity index (χ0v) is 15.2. The Morgan fingerprint density at radius 2 is 1.63 bits per heavy atom. The van der Waals surface area contributed by atoms with E-state index >= 15 is 0 Å². The van der Waals surface area contributed by atoms with E-state index in [1.165, 1.54) is 4.90 Å². The molecule has 0 saturated carbocycles. The van der Waals surface area contributed by atoms with Gasteiger partial charge in [0.2, 0.25) is 15.9 Å². The van der Waals surface area contributed by atoms with Crippen molar-refractivity contribution in [1.29, 1.82) is 0 Å². The van der Waals surface area contributed by atoms with E-state index in [9.17, 15) is 22.0 Å². The number of hydrogen-bond acceptors (Lipinski definition) is 4. The lowest BCUT2D eigenvalue weighted by Crippen LogP contribution is -2.52. The molecule has 1 aliphatic heterocycles. The molecule has 1 heterocycles. The highest BCUT2D eigenvalue weighted by Gasteiger charge is 2.33. The second kappa shape index (κ2) is 7.71. The van der Waals surface area contributed by atoms with Crippen LogP contribution in [0.4, 0.5) is 8.78 Å². The quantitative estimate of drug-likeness (QED) is 0.850. The molecule has 1 saturated heterocycles. The van der Waals surface area contributed by atoms with Crippen molar-refractivity contribution in [2.45, 2.75) is 10.9 Å². The standard InChI is InChI=1S/C18H19F2N3O3S/c19-14-6-7-16(15(20)12-14)27(25,26)23-10-8-22(9-11-23)18(24)17(21)13-4-2-1-3-5-13/h1-7,12,17H,8-11,21H2. The molecule has 1 atom stereocenters. The number of nitrogens with zero attached hydrogens (tertiary/aromatic N) is 2. The first-order valence-corrected chi connectivity index (χ1v) is 9.79. The Morgan fingerprint density at radius 3 is 2.22 bits per heavy atom. The second-order valence-electron chi connectivity index (χ2n) is 6.19. The molecule has 0 spiro atoms. The summed E-state index contributed by atoms with van der Waals surface area (Å²) in [5, 5.41) is 0. The number of benzene rings is 2. The number of amides is 1. The summed E-state index contributed by atoms with van der Waals surface area (Å²) in [6, 6.07) is 10.4. The Kier molecular flexibility index (Phi) is 5.54. The zero-order valence-electron chi connectivity index (χ0n) is 14.4. The molecule has 0 radical (unpaired) electrons. The van der Waals surface area contributed by atoms with E-state index in [-0.39, 0.29) is 32.1 Å². The third-order valence-corrected chi connectivity index (χ3v) is 6.42. The van der Waals surface area contributed by atoms with E-state index in [1.807, 2.05) is 6.07 Å². The van der Waals surface area contributed by atoms with Crippen molar-refractivity contribution < 1.29 is 22.0 Å². The van der Waals surface area contributed by atoms with Crippen molar-refractivity contribution in [3.63, 3.8) is 0 Å². The largest absolute Gasteiger partial charge is 0.338 e. The van der Waals surface area contributed by atoms with Crippen molar-refractivity contribution in [3.05, 3.63) is 65.7 Å². The average molecular weight is 395 g/mol. The normalized spacial score (nSPS) is 16.9. The van der Waals surface area contributed by atoms with Crippen LogP contribution in [-0.2, 0) is 14.8 Å². The van der Waals surface area contributed by atoms with Gasteiger partial charge in [0.15, 0.2) is 0 Å². The molecule has 0 bridgehead atoms. The second-order valence-corrected chi connectivity index (χ2v) is 8.10. The predicted molar refractivity (Wildman–Crippen MR) is 95.1 cm³/mol. The Hall–Kier alpha value is -2.36. The minimum atomic E-state index is -4.11. The van der Waals surface area contributed by atoms with Gasteiger partial charge >= 0.3 is 0 Å². The van der Waals surface area contributed by atoms with E-state index in [2.05, 4.69) is 0 Å². The van der Waals surface area contributed by atoms with Crippen LogP contribution in [0.15, 0.2) is 53.4 Å². The van der Waals surface area contributed by atoms with Crippen molar-refractivity contribution >= 4 is 15.9 Å². The van der Waals surface area contributed by atoms with Crippen molar-refractivity contribution in [2.24, 2.45) is 5.73 Å². The maximum Gasteiger partial charge on any atom is 0.246 e. The summed E-state index contributed by atoms with van der Waals surface area (Å²) in [6.07, 6.45) is 0. The molecule has 0 aromatic heterocycles. The van der Waals surface area contributed by atoms with Gasteiger partial charge in [-0.15, -0.1) is 0 Å². The summed E-state index contributed by atoms with van der Waals surface area (Å²) in [6.45, 7) is 0.293. The van der Waals surface area contributed by atoms with Gasteiger partial charge in [0.25, 0.3) is 0 Å². The lowest BCUT2D eigenvalue weighted by atomic mass is 10.1. The lowest BCUT2D eigenvalue weighted by Gasteiger charge is -2.35. The molecule has 2 N–H and O–H groups in total. The molecular weight excluding hydrogens is 376 g/mol. The van der Waals surface area contributed by atoms with Gasteiger partial charge in [0, 0.05) is 32.2 Å². The van der Waals surface area contributed by atoms with Crippen LogP contribution in [-0.4, -0.2) is 49.7 Å². The summed E-state index contributed by atoms with van der Waals surface area (Å²) < 4.78 is 53.2. The number of halogens is 2. The third kappa shape index (κ3) is 4.00. The SMILES string of the molecule is NC(C(=O)N1CCN(S(=O)(=O)c2ccc(F)cc2F)CC1)c1ccccc1. The Balaban J connectivity index is 1.68. The summed E-state index contributed by atoms with van der Waals surface area (Å²) in [7, 11) is -4.11. The van der Waals surface area contributed by atoms with Gasteiger partial charge in [-0.2, -0.15) is 4.31 Å². The molecule has 1 aliphatic rings. The van der Waals surface area contributed by atoms with E-state index in [1.54, 1.807) is 24.3 Å². The Morgan fingerprint density at radius 1 is 1.00 bits per heavy atom. The zero-order chi connectivity index (χ0) is 19.6. The highest BCUT2D eigenvalue weighted by atomic mass is 32.2. The molecule has 2 aromatic rings. The number of rotatable bonds is 4. The average Bonchev–Trinajstić information content (AvgIpc) is 2.67. The number of carbonyl (C=O) groups excluding carboxylic acids is 1. The molecule has 3 rings (SSSR count). The van der Waals surface area contributed by atoms with E-state index in [0.717, 1.165) is 16.4 Å². The van der Waals surface area contributed by atoms with Crippen molar-refractivity contribution in [3.8, 4) is 0 Å². The number of carbonyl (C=O) groups is 1. The molecule has 27 heavy (non-hydrogen) atoms. The van der Waals surface area contributed by atoms with Gasteiger partial charge in [-0.05, 0) is 17.7 Å². The fraction of sp³-hybridized carbons (Fsp3) is 0.278. The minimum absolute atomic E-state index is 0.00635. The van der Waals surface area contributed by atoms with Crippen molar-refractivity contribution in [2.75, 3.05) is 26.2 Å². The van der Waals surface area contributed by atoms with Crippen LogP contribution >= 0.6 is 0 Å². The Labute approximate surface area is 156 Å². The number of sulfonamides is 1. The van der Waals surface area contributed by atoms with Crippen LogP contribution in [0.2, 0.25) is 0 Å². The van der Waals surface area contributed by atoms with E-state index in [0.29, 0.717) is 11.6 Å². The van der Waals surface area contributed by atoms with Gasteiger partial charge in [0.05, 0.1) is 0 Å². The first-order chi connectivity index (χ1) is 12.8. The molecule has 1 unspecified atom stereocenters. The molecule has 2 aromatic carbocycles. The van der Waals surface area contributed by atoms with Gasteiger partial charge < -0.3 is 10.6 Å².